The molecule has 0 aliphatic heterocycles. The largest absolute Gasteiger partial charge is 0.330 e. The molecule has 2 N–H and O–H groups in total. The van der Waals surface area contributed by atoms with Crippen molar-refractivity contribution < 1.29 is 8.42 Å². The first-order valence-electron chi connectivity index (χ1n) is 6.71. The van der Waals surface area contributed by atoms with Crippen LogP contribution >= 0.6 is 11.6 Å². The first kappa shape index (κ1) is 15.0. The lowest BCUT2D eigenvalue weighted by atomic mass is 10.3. The molecule has 0 aliphatic carbocycles. The SMILES string of the molecule is NCCc1cc2c(Cl)ccnc2n1S(=O)(=O)c1ccccc1. The van der Waals surface area contributed by atoms with Gasteiger partial charge in [-0.15, -0.1) is 0 Å². The highest BCUT2D eigenvalue weighted by atomic mass is 35.5. The van der Waals surface area contributed by atoms with Crippen LogP contribution in [0.5, 0.6) is 0 Å². The van der Waals surface area contributed by atoms with E-state index in [0.717, 1.165) is 0 Å². The molecular formula is C15H14ClN3O2S. The van der Waals surface area contributed by atoms with E-state index >= 15 is 0 Å². The van der Waals surface area contributed by atoms with Gasteiger partial charge in [0.2, 0.25) is 0 Å². The molecule has 0 atom stereocenters. The summed E-state index contributed by atoms with van der Waals surface area (Å²) in [5.41, 5.74) is 6.50. The highest BCUT2D eigenvalue weighted by Gasteiger charge is 2.24. The van der Waals surface area contributed by atoms with Gasteiger partial charge in [0.25, 0.3) is 10.0 Å². The van der Waals surface area contributed by atoms with Crippen molar-refractivity contribution in [2.24, 2.45) is 5.73 Å². The average molecular weight is 336 g/mol. The van der Waals surface area contributed by atoms with Crippen molar-refractivity contribution in [3.8, 4) is 0 Å². The van der Waals surface area contributed by atoms with Crippen molar-refractivity contribution in [3.05, 3.63) is 59.4 Å². The third kappa shape index (κ3) is 2.39. The Labute approximate surface area is 133 Å². The average Bonchev–Trinajstić information content (AvgIpc) is 2.89. The summed E-state index contributed by atoms with van der Waals surface area (Å²) in [6.45, 7) is 0.332. The van der Waals surface area contributed by atoms with Crippen molar-refractivity contribution in [2.45, 2.75) is 11.3 Å². The highest BCUT2D eigenvalue weighted by molar-refractivity contribution is 7.90. The molecule has 0 radical (unpaired) electrons. The number of benzene rings is 1. The van der Waals surface area contributed by atoms with Crippen LogP contribution in [0.25, 0.3) is 11.0 Å². The Balaban J connectivity index is 2.34. The van der Waals surface area contributed by atoms with Gasteiger partial charge in [0.15, 0.2) is 5.65 Å². The van der Waals surface area contributed by atoms with E-state index in [1.165, 1.54) is 10.2 Å². The van der Waals surface area contributed by atoms with Crippen LogP contribution in [0.15, 0.2) is 53.6 Å². The Bertz CT molecular complexity index is 921. The number of nitrogens with two attached hydrogens (primary N) is 1. The summed E-state index contributed by atoms with van der Waals surface area (Å²) in [6.07, 6.45) is 1.91. The molecule has 0 amide bonds. The number of rotatable bonds is 4. The van der Waals surface area contributed by atoms with Gasteiger partial charge < -0.3 is 5.73 Å². The molecule has 0 saturated heterocycles. The van der Waals surface area contributed by atoms with Gasteiger partial charge in [0.05, 0.1) is 9.92 Å². The van der Waals surface area contributed by atoms with Crippen molar-refractivity contribution in [3.63, 3.8) is 0 Å². The van der Waals surface area contributed by atoms with Crippen molar-refractivity contribution in [2.75, 3.05) is 6.54 Å². The fourth-order valence-electron chi connectivity index (χ4n) is 2.38. The van der Waals surface area contributed by atoms with E-state index in [4.69, 9.17) is 17.3 Å². The Morgan fingerprint density at radius 1 is 1.18 bits per heavy atom. The van der Waals surface area contributed by atoms with Crippen LogP contribution in [0, 0.1) is 0 Å². The van der Waals surface area contributed by atoms with Gasteiger partial charge in [0.1, 0.15) is 0 Å². The first-order chi connectivity index (χ1) is 10.6. The number of hydrogen-bond acceptors (Lipinski definition) is 4. The molecule has 0 bridgehead atoms. The van der Waals surface area contributed by atoms with Crippen LogP contribution in [0.4, 0.5) is 0 Å². The summed E-state index contributed by atoms with van der Waals surface area (Å²) < 4.78 is 27.1. The van der Waals surface area contributed by atoms with Gasteiger partial charge in [-0.05, 0) is 30.8 Å². The van der Waals surface area contributed by atoms with Gasteiger partial charge in [-0.3, -0.25) is 0 Å². The van der Waals surface area contributed by atoms with Gasteiger partial charge in [0, 0.05) is 23.7 Å². The second-order valence-electron chi connectivity index (χ2n) is 4.79. The van der Waals surface area contributed by atoms with Gasteiger partial charge in [-0.2, -0.15) is 0 Å². The Morgan fingerprint density at radius 2 is 1.91 bits per heavy atom. The lowest BCUT2D eigenvalue weighted by Crippen LogP contribution is -2.18. The Hall–Kier alpha value is -1.89. The standard InChI is InChI=1S/C15H14ClN3O2S/c16-14-7-9-18-15-13(14)10-11(6-8-17)19(15)22(20,21)12-4-2-1-3-5-12/h1-5,7,9-10H,6,8,17H2. The molecule has 0 unspecified atom stereocenters. The third-order valence-electron chi connectivity index (χ3n) is 3.36. The maximum Gasteiger partial charge on any atom is 0.269 e. The molecule has 3 rings (SSSR count). The number of nitrogens with zero attached hydrogens (tertiary/aromatic N) is 2. The second-order valence-corrected chi connectivity index (χ2v) is 6.98. The van der Waals surface area contributed by atoms with E-state index in [0.29, 0.717) is 34.7 Å². The topological polar surface area (TPSA) is 78.0 Å². The molecule has 0 fully saturated rings. The number of hydrogen-bond donors (Lipinski definition) is 1. The molecule has 3 aromatic rings. The smallest absolute Gasteiger partial charge is 0.269 e. The van der Waals surface area contributed by atoms with Crippen LogP contribution in [0.1, 0.15) is 5.69 Å². The summed E-state index contributed by atoms with van der Waals surface area (Å²) in [5.74, 6) is 0. The Kier molecular flexibility index (Phi) is 3.90. The minimum Gasteiger partial charge on any atom is -0.330 e. The zero-order valence-corrected chi connectivity index (χ0v) is 13.2. The summed E-state index contributed by atoms with van der Waals surface area (Å²) in [5, 5.41) is 1.07. The number of aromatic nitrogens is 2. The molecule has 0 aliphatic rings. The fourth-order valence-corrected chi connectivity index (χ4v) is 4.12. The van der Waals surface area contributed by atoms with Crippen LogP contribution in [-0.2, 0) is 16.4 Å². The van der Waals surface area contributed by atoms with E-state index in [1.54, 1.807) is 42.5 Å². The quantitative estimate of drug-likeness (QED) is 0.794. The lowest BCUT2D eigenvalue weighted by molar-refractivity contribution is 0.586. The third-order valence-corrected chi connectivity index (χ3v) is 5.45. The van der Waals surface area contributed by atoms with Crippen LogP contribution in [-0.4, -0.2) is 23.9 Å². The number of pyridine rings is 1. The van der Waals surface area contributed by atoms with Gasteiger partial charge >= 0.3 is 0 Å². The van der Waals surface area contributed by atoms with Crippen molar-refractivity contribution in [1.29, 1.82) is 0 Å². The second kappa shape index (κ2) is 5.72. The highest BCUT2D eigenvalue weighted by Crippen LogP contribution is 2.29. The van der Waals surface area contributed by atoms with Crippen molar-refractivity contribution in [1.82, 2.24) is 8.96 Å². The molecule has 0 saturated carbocycles. The summed E-state index contributed by atoms with van der Waals surface area (Å²) in [6, 6.07) is 11.6. The molecule has 0 spiro atoms. The van der Waals surface area contributed by atoms with Crippen molar-refractivity contribution >= 4 is 32.7 Å². The monoisotopic (exact) mass is 335 g/mol. The maximum absolute atomic E-state index is 13.0. The minimum atomic E-state index is -3.75. The molecular weight excluding hydrogens is 322 g/mol. The molecule has 2 heterocycles. The predicted octanol–water partition coefficient (Wildman–Crippen LogP) is 2.43. The summed E-state index contributed by atoms with van der Waals surface area (Å²) in [7, 11) is -3.75. The number of fused-ring (bicyclic) bond motifs is 1. The summed E-state index contributed by atoms with van der Waals surface area (Å²) >= 11 is 6.16. The molecule has 1 aromatic carbocycles. The maximum atomic E-state index is 13.0. The molecule has 114 valence electrons. The van der Waals surface area contributed by atoms with Crippen LogP contribution < -0.4 is 5.73 Å². The summed E-state index contributed by atoms with van der Waals surface area (Å²) in [4.78, 5) is 4.40. The molecule has 2 aromatic heterocycles. The zero-order valence-electron chi connectivity index (χ0n) is 11.6. The lowest BCUT2D eigenvalue weighted by Gasteiger charge is -2.10. The van der Waals surface area contributed by atoms with E-state index in [-0.39, 0.29) is 4.90 Å². The minimum absolute atomic E-state index is 0.201. The van der Waals surface area contributed by atoms with E-state index in [9.17, 15) is 8.42 Å². The Morgan fingerprint density at radius 3 is 2.59 bits per heavy atom. The molecule has 7 heteroatoms. The normalized spacial score (nSPS) is 11.9. The predicted molar refractivity (Wildman–Crippen MR) is 86.5 cm³/mol. The van der Waals surface area contributed by atoms with Crippen LogP contribution in [0.3, 0.4) is 0 Å². The molecule has 5 nitrogen and oxygen atoms in total. The van der Waals surface area contributed by atoms with E-state index in [2.05, 4.69) is 4.98 Å². The van der Waals surface area contributed by atoms with E-state index in [1.807, 2.05) is 0 Å². The van der Waals surface area contributed by atoms with E-state index < -0.39 is 10.0 Å². The zero-order chi connectivity index (χ0) is 15.7. The molecule has 22 heavy (non-hydrogen) atoms. The van der Waals surface area contributed by atoms with Gasteiger partial charge in [-0.1, -0.05) is 29.8 Å². The van der Waals surface area contributed by atoms with Gasteiger partial charge in [-0.25, -0.2) is 17.4 Å². The first-order valence-corrected chi connectivity index (χ1v) is 8.53. The van der Waals surface area contributed by atoms with Crippen LogP contribution in [0.2, 0.25) is 5.02 Å². The fraction of sp³-hybridized carbons (Fsp3) is 0.133. The number of halogens is 1.